The van der Waals surface area contributed by atoms with Crippen LogP contribution in [-0.2, 0) is 24.3 Å². The molecule has 2 aromatic rings. The molecule has 1 heterocycles. The number of fused-ring (bicyclic) bond motifs is 1. The van der Waals surface area contributed by atoms with Gasteiger partial charge in [-0.2, -0.15) is 0 Å². The third kappa shape index (κ3) is 5.99. The van der Waals surface area contributed by atoms with E-state index < -0.39 is 0 Å². The fourth-order valence-electron chi connectivity index (χ4n) is 3.50. The molecule has 0 spiro atoms. The van der Waals surface area contributed by atoms with E-state index in [1.165, 1.54) is 0 Å². The van der Waals surface area contributed by atoms with Crippen LogP contribution in [0.5, 0.6) is 5.75 Å². The van der Waals surface area contributed by atoms with Crippen LogP contribution in [0.3, 0.4) is 0 Å². The SMILES string of the molecule is CC(C)NC(=O)N1CCOc2ccc(CCC(=O)N(C)Cc3ccccc3)cc2C1. The number of benzene rings is 2. The number of nitrogens with one attached hydrogen (secondary N) is 1. The van der Waals surface area contributed by atoms with Gasteiger partial charge in [0.2, 0.25) is 5.91 Å². The fourth-order valence-corrected chi connectivity index (χ4v) is 3.50. The van der Waals surface area contributed by atoms with Gasteiger partial charge >= 0.3 is 6.03 Å². The van der Waals surface area contributed by atoms with Crippen LogP contribution in [-0.4, -0.2) is 48.0 Å². The van der Waals surface area contributed by atoms with Crippen molar-refractivity contribution in [1.29, 1.82) is 0 Å². The van der Waals surface area contributed by atoms with Crippen LogP contribution in [0.25, 0.3) is 0 Å². The van der Waals surface area contributed by atoms with Gasteiger partial charge in [-0.15, -0.1) is 0 Å². The molecule has 6 heteroatoms. The standard InChI is InChI=1S/C24H31N3O3/c1-18(2)25-24(29)27-13-14-30-22-11-9-19(15-21(22)17-27)10-12-23(28)26(3)16-20-7-5-4-6-8-20/h4-9,11,15,18H,10,12-14,16-17H2,1-3H3,(H,25,29). The first kappa shape index (κ1) is 21.7. The summed E-state index contributed by atoms with van der Waals surface area (Å²) in [6.45, 7) is 6.03. The van der Waals surface area contributed by atoms with Gasteiger partial charge in [0.25, 0.3) is 0 Å². The Morgan fingerprint density at radius 1 is 1.13 bits per heavy atom. The van der Waals surface area contributed by atoms with Gasteiger partial charge < -0.3 is 19.9 Å². The maximum Gasteiger partial charge on any atom is 0.318 e. The Labute approximate surface area is 178 Å². The maximum atomic E-state index is 12.5. The van der Waals surface area contributed by atoms with Crippen molar-refractivity contribution in [3.8, 4) is 5.75 Å². The van der Waals surface area contributed by atoms with E-state index in [4.69, 9.17) is 4.74 Å². The van der Waals surface area contributed by atoms with Gasteiger partial charge in [-0.05, 0) is 37.5 Å². The van der Waals surface area contributed by atoms with Gasteiger partial charge in [0.1, 0.15) is 12.4 Å². The third-order valence-electron chi connectivity index (χ3n) is 5.12. The smallest absolute Gasteiger partial charge is 0.318 e. The molecule has 1 aliphatic heterocycles. The fraction of sp³-hybridized carbons (Fsp3) is 0.417. The minimum atomic E-state index is -0.0791. The molecule has 0 saturated carbocycles. The first-order chi connectivity index (χ1) is 14.4. The number of aryl methyl sites for hydroxylation is 1. The molecule has 0 bridgehead atoms. The summed E-state index contributed by atoms with van der Waals surface area (Å²) in [6.07, 6.45) is 1.10. The second-order valence-electron chi connectivity index (χ2n) is 8.05. The number of ether oxygens (including phenoxy) is 1. The van der Waals surface area contributed by atoms with Crippen molar-refractivity contribution in [3.63, 3.8) is 0 Å². The van der Waals surface area contributed by atoms with Crippen molar-refractivity contribution in [2.24, 2.45) is 0 Å². The lowest BCUT2D eigenvalue weighted by Crippen LogP contribution is -2.43. The molecule has 0 aromatic heterocycles. The molecule has 0 aliphatic carbocycles. The number of nitrogens with zero attached hydrogens (tertiary/aromatic N) is 2. The average Bonchev–Trinajstić information content (AvgIpc) is 2.94. The lowest BCUT2D eigenvalue weighted by molar-refractivity contribution is -0.130. The van der Waals surface area contributed by atoms with E-state index in [2.05, 4.69) is 11.4 Å². The second kappa shape index (κ2) is 10.1. The van der Waals surface area contributed by atoms with E-state index in [0.29, 0.717) is 39.1 Å². The summed E-state index contributed by atoms with van der Waals surface area (Å²) in [5, 5.41) is 2.94. The van der Waals surface area contributed by atoms with Crippen LogP contribution < -0.4 is 10.1 Å². The molecular formula is C24H31N3O3. The van der Waals surface area contributed by atoms with Gasteiger partial charge in [-0.25, -0.2) is 4.79 Å². The second-order valence-corrected chi connectivity index (χ2v) is 8.05. The molecule has 160 valence electrons. The highest BCUT2D eigenvalue weighted by Crippen LogP contribution is 2.25. The number of urea groups is 1. The van der Waals surface area contributed by atoms with E-state index >= 15 is 0 Å². The van der Waals surface area contributed by atoms with E-state index in [1.54, 1.807) is 9.80 Å². The molecule has 0 radical (unpaired) electrons. The van der Waals surface area contributed by atoms with Gasteiger partial charge in [0, 0.05) is 31.6 Å². The van der Waals surface area contributed by atoms with Gasteiger partial charge in [-0.3, -0.25) is 4.79 Å². The predicted octanol–water partition coefficient (Wildman–Crippen LogP) is 3.59. The molecule has 0 atom stereocenters. The van der Waals surface area contributed by atoms with Crippen molar-refractivity contribution in [2.45, 2.75) is 45.8 Å². The molecule has 6 nitrogen and oxygen atoms in total. The minimum absolute atomic E-state index is 0.0791. The van der Waals surface area contributed by atoms with Crippen LogP contribution in [0.4, 0.5) is 4.79 Å². The van der Waals surface area contributed by atoms with Crippen molar-refractivity contribution in [1.82, 2.24) is 15.1 Å². The highest BCUT2D eigenvalue weighted by molar-refractivity contribution is 5.76. The predicted molar refractivity (Wildman–Crippen MR) is 117 cm³/mol. The normalized spacial score (nSPS) is 13.3. The first-order valence-electron chi connectivity index (χ1n) is 10.5. The van der Waals surface area contributed by atoms with E-state index in [-0.39, 0.29) is 18.0 Å². The van der Waals surface area contributed by atoms with Crippen molar-refractivity contribution >= 4 is 11.9 Å². The average molecular weight is 410 g/mol. The van der Waals surface area contributed by atoms with Gasteiger partial charge in [0.05, 0.1) is 13.1 Å². The summed E-state index contributed by atoms with van der Waals surface area (Å²) in [7, 11) is 1.84. The Bertz CT molecular complexity index is 867. The van der Waals surface area contributed by atoms with E-state index in [0.717, 1.165) is 22.4 Å². The molecule has 0 fully saturated rings. The number of carbonyl (C=O) groups excluding carboxylic acids is 2. The summed E-state index contributed by atoms with van der Waals surface area (Å²) in [5.41, 5.74) is 3.18. The molecule has 0 saturated heterocycles. The number of carbonyl (C=O) groups is 2. The maximum absolute atomic E-state index is 12.5. The molecule has 30 heavy (non-hydrogen) atoms. The number of hydrogen-bond acceptors (Lipinski definition) is 3. The topological polar surface area (TPSA) is 61.9 Å². The number of rotatable bonds is 6. The monoisotopic (exact) mass is 409 g/mol. The summed E-state index contributed by atoms with van der Waals surface area (Å²) in [4.78, 5) is 28.5. The van der Waals surface area contributed by atoms with Crippen LogP contribution >= 0.6 is 0 Å². The third-order valence-corrected chi connectivity index (χ3v) is 5.12. The quantitative estimate of drug-likeness (QED) is 0.793. The summed E-state index contributed by atoms with van der Waals surface area (Å²) in [6, 6.07) is 16.0. The Morgan fingerprint density at radius 2 is 1.90 bits per heavy atom. The molecule has 0 unspecified atom stereocenters. The Hall–Kier alpha value is -3.02. The van der Waals surface area contributed by atoms with Crippen molar-refractivity contribution in [3.05, 3.63) is 65.2 Å². The van der Waals surface area contributed by atoms with Gasteiger partial charge in [0.15, 0.2) is 0 Å². The Morgan fingerprint density at radius 3 is 2.63 bits per heavy atom. The first-order valence-corrected chi connectivity index (χ1v) is 10.5. The molecule has 1 N–H and O–H groups in total. The zero-order valence-electron chi connectivity index (χ0n) is 18.1. The molecule has 3 amide bonds. The van der Waals surface area contributed by atoms with Crippen LogP contribution in [0.15, 0.2) is 48.5 Å². The van der Waals surface area contributed by atoms with E-state index in [1.807, 2.05) is 63.4 Å². The molecule has 2 aromatic carbocycles. The summed E-state index contributed by atoms with van der Waals surface area (Å²) >= 11 is 0. The lowest BCUT2D eigenvalue weighted by atomic mass is 10.0. The summed E-state index contributed by atoms with van der Waals surface area (Å²) in [5.74, 6) is 0.925. The zero-order valence-corrected chi connectivity index (χ0v) is 18.1. The minimum Gasteiger partial charge on any atom is -0.491 e. The van der Waals surface area contributed by atoms with Crippen LogP contribution in [0.1, 0.15) is 37.0 Å². The highest BCUT2D eigenvalue weighted by atomic mass is 16.5. The zero-order chi connectivity index (χ0) is 21.5. The highest BCUT2D eigenvalue weighted by Gasteiger charge is 2.20. The summed E-state index contributed by atoms with van der Waals surface area (Å²) < 4.78 is 5.82. The van der Waals surface area contributed by atoms with E-state index in [9.17, 15) is 9.59 Å². The molecular weight excluding hydrogens is 378 g/mol. The van der Waals surface area contributed by atoms with Gasteiger partial charge in [-0.1, -0.05) is 42.5 Å². The van der Waals surface area contributed by atoms with Crippen molar-refractivity contribution in [2.75, 3.05) is 20.2 Å². The number of amides is 3. The van der Waals surface area contributed by atoms with Crippen LogP contribution in [0, 0.1) is 0 Å². The Balaban J connectivity index is 1.59. The lowest BCUT2D eigenvalue weighted by Gasteiger charge is -2.22. The Kier molecular flexibility index (Phi) is 7.33. The molecule has 1 aliphatic rings. The number of hydrogen-bond donors (Lipinski definition) is 1. The molecule has 3 rings (SSSR count). The van der Waals surface area contributed by atoms with Crippen molar-refractivity contribution < 1.29 is 14.3 Å². The largest absolute Gasteiger partial charge is 0.491 e. The van der Waals surface area contributed by atoms with Crippen LogP contribution in [0.2, 0.25) is 0 Å².